The van der Waals surface area contributed by atoms with Crippen molar-refractivity contribution in [3.05, 3.63) is 46.2 Å². The Morgan fingerprint density at radius 3 is 2.50 bits per heavy atom. The van der Waals surface area contributed by atoms with Crippen LogP contribution in [0.1, 0.15) is 10.4 Å². The first kappa shape index (κ1) is 14.4. The number of pyridine rings is 1. The Morgan fingerprint density at radius 1 is 1.30 bits per heavy atom. The Hall–Kier alpha value is -1.98. The third kappa shape index (κ3) is 2.95. The van der Waals surface area contributed by atoms with Gasteiger partial charge in [0.05, 0.1) is 22.8 Å². The highest BCUT2D eigenvalue weighted by Crippen LogP contribution is 2.30. The van der Waals surface area contributed by atoms with Gasteiger partial charge in [-0.1, -0.05) is 23.2 Å². The molecule has 0 aliphatic rings. The van der Waals surface area contributed by atoms with E-state index in [1.54, 1.807) is 0 Å². The lowest BCUT2D eigenvalue weighted by Crippen LogP contribution is -2.12. The van der Waals surface area contributed by atoms with Crippen molar-refractivity contribution >= 4 is 34.8 Å². The zero-order valence-corrected chi connectivity index (χ0v) is 11.9. The largest absolute Gasteiger partial charge is 0.504 e. The van der Waals surface area contributed by atoms with Crippen LogP contribution in [0.2, 0.25) is 10.0 Å². The molecular formula is C13H10Cl2N2O3. The monoisotopic (exact) mass is 312 g/mol. The van der Waals surface area contributed by atoms with Gasteiger partial charge in [0.15, 0.2) is 11.5 Å². The van der Waals surface area contributed by atoms with Gasteiger partial charge in [-0.15, -0.1) is 0 Å². The molecule has 5 nitrogen and oxygen atoms in total. The maximum absolute atomic E-state index is 12.1. The van der Waals surface area contributed by atoms with E-state index in [-0.39, 0.29) is 32.8 Å². The highest BCUT2D eigenvalue weighted by molar-refractivity contribution is 6.39. The number of hydrogen-bond acceptors (Lipinski definition) is 4. The molecule has 1 aromatic heterocycles. The van der Waals surface area contributed by atoms with Crippen molar-refractivity contribution in [1.29, 1.82) is 0 Å². The Morgan fingerprint density at radius 2 is 1.95 bits per heavy atom. The SMILES string of the molecule is COc1ccc(C(=O)Nc2c(Cl)cncc2Cl)cc1O. The molecular weight excluding hydrogens is 303 g/mol. The van der Waals surface area contributed by atoms with Gasteiger partial charge in [0, 0.05) is 18.0 Å². The van der Waals surface area contributed by atoms with Crippen molar-refractivity contribution < 1.29 is 14.6 Å². The molecule has 0 bridgehead atoms. The molecule has 7 heteroatoms. The molecule has 2 N–H and O–H groups in total. The normalized spacial score (nSPS) is 10.2. The van der Waals surface area contributed by atoms with Crippen LogP contribution < -0.4 is 10.1 Å². The summed E-state index contributed by atoms with van der Waals surface area (Å²) in [6, 6.07) is 4.29. The average Bonchev–Trinajstić information content (AvgIpc) is 2.42. The van der Waals surface area contributed by atoms with E-state index < -0.39 is 5.91 Å². The van der Waals surface area contributed by atoms with Crippen LogP contribution in [0, 0.1) is 0 Å². The van der Waals surface area contributed by atoms with Gasteiger partial charge in [-0.25, -0.2) is 0 Å². The summed E-state index contributed by atoms with van der Waals surface area (Å²) in [5, 5.41) is 12.7. The van der Waals surface area contributed by atoms with E-state index in [1.807, 2.05) is 0 Å². The zero-order valence-electron chi connectivity index (χ0n) is 10.4. The number of phenolic OH excluding ortho intramolecular Hbond substituents is 1. The lowest BCUT2D eigenvalue weighted by atomic mass is 10.2. The molecule has 0 saturated heterocycles. The summed E-state index contributed by atoms with van der Waals surface area (Å²) in [5.41, 5.74) is 0.510. The molecule has 20 heavy (non-hydrogen) atoms. The van der Waals surface area contributed by atoms with Crippen molar-refractivity contribution in [3.8, 4) is 11.5 Å². The van der Waals surface area contributed by atoms with Crippen LogP contribution in [0.25, 0.3) is 0 Å². The number of hydrogen-bond donors (Lipinski definition) is 2. The number of phenols is 1. The fourth-order valence-electron chi connectivity index (χ4n) is 1.55. The number of halogens is 2. The minimum atomic E-state index is -0.460. The summed E-state index contributed by atoms with van der Waals surface area (Å²) in [6.07, 6.45) is 2.74. The molecule has 0 fully saturated rings. The topological polar surface area (TPSA) is 71.5 Å². The summed E-state index contributed by atoms with van der Waals surface area (Å²) in [4.78, 5) is 15.9. The summed E-state index contributed by atoms with van der Waals surface area (Å²) in [7, 11) is 1.42. The van der Waals surface area contributed by atoms with Crippen LogP contribution >= 0.6 is 23.2 Å². The number of rotatable bonds is 3. The average molecular weight is 313 g/mol. The molecule has 0 saturated carbocycles. The van der Waals surface area contributed by atoms with Gasteiger partial charge in [-0.05, 0) is 18.2 Å². The van der Waals surface area contributed by atoms with E-state index in [4.69, 9.17) is 27.9 Å². The number of nitrogens with one attached hydrogen (secondary N) is 1. The molecule has 104 valence electrons. The summed E-state index contributed by atoms with van der Waals surface area (Å²) < 4.78 is 4.90. The first-order chi connectivity index (χ1) is 9.52. The maximum atomic E-state index is 12.1. The first-order valence-electron chi connectivity index (χ1n) is 5.50. The molecule has 1 amide bonds. The quantitative estimate of drug-likeness (QED) is 0.911. The number of nitrogens with zero attached hydrogens (tertiary/aromatic N) is 1. The molecule has 2 rings (SSSR count). The number of carbonyl (C=O) groups excluding carboxylic acids is 1. The number of amides is 1. The van der Waals surface area contributed by atoms with Crippen molar-refractivity contribution in [3.63, 3.8) is 0 Å². The third-order valence-corrected chi connectivity index (χ3v) is 3.11. The number of carbonyl (C=O) groups is 1. The fourth-order valence-corrected chi connectivity index (χ4v) is 2.01. The van der Waals surface area contributed by atoms with Crippen molar-refractivity contribution in [2.75, 3.05) is 12.4 Å². The predicted molar refractivity (Wildman–Crippen MR) is 76.9 cm³/mol. The second-order valence-electron chi connectivity index (χ2n) is 3.82. The van der Waals surface area contributed by atoms with Gasteiger partial charge in [0.25, 0.3) is 5.91 Å². The molecule has 0 aliphatic heterocycles. The molecule has 2 aromatic rings. The van der Waals surface area contributed by atoms with Crippen LogP contribution in [0.5, 0.6) is 11.5 Å². The number of benzene rings is 1. The minimum absolute atomic E-state index is 0.132. The molecule has 0 radical (unpaired) electrons. The van der Waals surface area contributed by atoms with E-state index >= 15 is 0 Å². The molecule has 0 unspecified atom stereocenters. The van der Waals surface area contributed by atoms with Gasteiger partial charge in [-0.3, -0.25) is 9.78 Å². The van der Waals surface area contributed by atoms with Crippen LogP contribution in [0.15, 0.2) is 30.6 Å². The smallest absolute Gasteiger partial charge is 0.255 e. The van der Waals surface area contributed by atoms with Crippen LogP contribution in [0.3, 0.4) is 0 Å². The Bertz CT molecular complexity index is 642. The molecule has 0 atom stereocenters. The molecule has 1 aromatic carbocycles. The van der Waals surface area contributed by atoms with Gasteiger partial charge in [-0.2, -0.15) is 0 Å². The number of ether oxygens (including phenoxy) is 1. The third-order valence-electron chi connectivity index (χ3n) is 2.53. The Kier molecular flexibility index (Phi) is 4.32. The van der Waals surface area contributed by atoms with E-state index in [9.17, 15) is 9.90 Å². The zero-order chi connectivity index (χ0) is 14.7. The summed E-state index contributed by atoms with van der Waals surface area (Å²) in [6.45, 7) is 0. The molecule has 1 heterocycles. The van der Waals surface area contributed by atoms with Crippen molar-refractivity contribution in [2.45, 2.75) is 0 Å². The lowest BCUT2D eigenvalue weighted by molar-refractivity contribution is 0.102. The standard InChI is InChI=1S/C13H10Cl2N2O3/c1-20-11-3-2-7(4-10(11)18)13(19)17-12-8(14)5-16-6-9(12)15/h2-6,18H,1H3,(H,16,17,19). The first-order valence-corrected chi connectivity index (χ1v) is 6.26. The molecule has 0 aliphatic carbocycles. The van der Waals surface area contributed by atoms with E-state index in [0.29, 0.717) is 0 Å². The van der Waals surface area contributed by atoms with Crippen molar-refractivity contribution in [2.24, 2.45) is 0 Å². The highest BCUT2D eigenvalue weighted by atomic mass is 35.5. The lowest BCUT2D eigenvalue weighted by Gasteiger charge is -2.09. The Labute approximate surface area is 125 Å². The number of anilines is 1. The predicted octanol–water partition coefficient (Wildman–Crippen LogP) is 3.35. The van der Waals surface area contributed by atoms with Gasteiger partial charge < -0.3 is 15.2 Å². The van der Waals surface area contributed by atoms with Crippen LogP contribution in [0.4, 0.5) is 5.69 Å². The maximum Gasteiger partial charge on any atom is 0.255 e. The van der Waals surface area contributed by atoms with Crippen molar-refractivity contribution in [1.82, 2.24) is 4.98 Å². The van der Waals surface area contributed by atoms with E-state index in [1.165, 1.54) is 37.7 Å². The van der Waals surface area contributed by atoms with Gasteiger partial charge >= 0.3 is 0 Å². The second kappa shape index (κ2) is 5.98. The minimum Gasteiger partial charge on any atom is -0.504 e. The second-order valence-corrected chi connectivity index (χ2v) is 4.63. The number of aromatic nitrogens is 1. The number of aromatic hydroxyl groups is 1. The summed E-state index contributed by atoms with van der Waals surface area (Å²) >= 11 is 11.8. The van der Waals surface area contributed by atoms with E-state index in [0.717, 1.165) is 0 Å². The summed E-state index contributed by atoms with van der Waals surface area (Å²) in [5.74, 6) is -0.313. The van der Waals surface area contributed by atoms with Crippen LogP contribution in [-0.2, 0) is 0 Å². The van der Waals surface area contributed by atoms with Crippen LogP contribution in [-0.4, -0.2) is 23.1 Å². The van der Waals surface area contributed by atoms with Gasteiger partial charge in [0.1, 0.15) is 0 Å². The Balaban J connectivity index is 2.26. The fraction of sp³-hybridized carbons (Fsp3) is 0.0769. The van der Waals surface area contributed by atoms with E-state index in [2.05, 4.69) is 10.3 Å². The molecule has 0 spiro atoms. The highest BCUT2D eigenvalue weighted by Gasteiger charge is 2.13. The number of methoxy groups -OCH3 is 1. The van der Waals surface area contributed by atoms with Gasteiger partial charge in [0.2, 0.25) is 0 Å².